The lowest BCUT2D eigenvalue weighted by atomic mass is 10.2. The Morgan fingerprint density at radius 2 is 2.14 bits per heavy atom. The number of fused-ring (bicyclic) bond motifs is 1. The summed E-state index contributed by atoms with van der Waals surface area (Å²) in [4.78, 5) is 9.97. The van der Waals surface area contributed by atoms with Crippen LogP contribution in [0.15, 0.2) is 18.3 Å². The number of aromatic nitrogens is 3. The summed E-state index contributed by atoms with van der Waals surface area (Å²) >= 11 is 7.53. The van der Waals surface area contributed by atoms with Gasteiger partial charge >= 0.3 is 0 Å². The maximum absolute atomic E-state index is 13.7. The largest absolute Gasteiger partial charge is 0.323 e. The minimum absolute atomic E-state index is 0.224. The van der Waals surface area contributed by atoms with E-state index in [1.807, 2.05) is 19.2 Å². The van der Waals surface area contributed by atoms with E-state index in [-0.39, 0.29) is 5.82 Å². The van der Waals surface area contributed by atoms with Gasteiger partial charge in [0.15, 0.2) is 0 Å². The highest BCUT2D eigenvalue weighted by Gasteiger charge is 2.14. The molecule has 0 bridgehead atoms. The summed E-state index contributed by atoms with van der Waals surface area (Å²) in [6, 6.07) is 3.35. The number of aryl methyl sites for hydroxylation is 3. The van der Waals surface area contributed by atoms with Crippen molar-refractivity contribution in [2.75, 3.05) is 5.88 Å². The highest BCUT2D eigenvalue weighted by atomic mass is 35.5. The van der Waals surface area contributed by atoms with Crippen LogP contribution in [-0.2, 0) is 13.0 Å². The van der Waals surface area contributed by atoms with Gasteiger partial charge in [0, 0.05) is 29.4 Å². The first-order chi connectivity index (χ1) is 10.1. The quantitative estimate of drug-likeness (QED) is 0.677. The Balaban J connectivity index is 2.12. The Hall–Kier alpha value is -1.46. The molecule has 21 heavy (non-hydrogen) atoms. The molecule has 0 unspecified atom stereocenters. The number of thiazole rings is 1. The van der Waals surface area contributed by atoms with Gasteiger partial charge in [0.1, 0.15) is 11.6 Å². The topological polar surface area (TPSA) is 30.7 Å². The molecule has 3 nitrogen and oxygen atoms in total. The number of benzene rings is 1. The van der Waals surface area contributed by atoms with Crippen LogP contribution in [0.4, 0.5) is 4.39 Å². The third kappa shape index (κ3) is 2.80. The molecule has 2 aromatic heterocycles. The van der Waals surface area contributed by atoms with Crippen LogP contribution in [-0.4, -0.2) is 20.4 Å². The highest BCUT2D eigenvalue weighted by molar-refractivity contribution is 7.11. The first-order valence-electron chi connectivity index (χ1n) is 6.71. The molecule has 3 aromatic rings. The Morgan fingerprint density at radius 1 is 1.33 bits per heavy atom. The Kier molecular flexibility index (Phi) is 3.95. The van der Waals surface area contributed by atoms with Gasteiger partial charge in [-0.05, 0) is 25.5 Å². The van der Waals surface area contributed by atoms with Crippen molar-refractivity contribution in [3.05, 3.63) is 45.4 Å². The van der Waals surface area contributed by atoms with E-state index in [4.69, 9.17) is 11.6 Å². The Labute approximate surface area is 131 Å². The van der Waals surface area contributed by atoms with E-state index in [0.29, 0.717) is 29.9 Å². The standard InChI is InChI=1S/C15H15ClFN3S/c1-9-5-14-13(6-12(9)17)19-15(3-4-16)20(14)8-11-7-18-10(2)21-11/h5-7H,3-4,8H2,1-2H3. The molecule has 0 fully saturated rings. The second kappa shape index (κ2) is 5.73. The maximum atomic E-state index is 13.7. The van der Waals surface area contributed by atoms with Crippen LogP contribution >= 0.6 is 22.9 Å². The van der Waals surface area contributed by atoms with E-state index in [0.717, 1.165) is 21.2 Å². The second-order valence-electron chi connectivity index (χ2n) is 4.99. The van der Waals surface area contributed by atoms with E-state index in [2.05, 4.69) is 14.5 Å². The molecule has 0 spiro atoms. The molecule has 0 saturated carbocycles. The molecule has 110 valence electrons. The predicted molar refractivity (Wildman–Crippen MR) is 84.8 cm³/mol. The number of hydrogen-bond acceptors (Lipinski definition) is 3. The smallest absolute Gasteiger partial charge is 0.128 e. The molecule has 3 rings (SSSR count). The molecule has 0 aliphatic heterocycles. The van der Waals surface area contributed by atoms with E-state index >= 15 is 0 Å². The summed E-state index contributed by atoms with van der Waals surface area (Å²) in [5.41, 5.74) is 2.25. The summed E-state index contributed by atoms with van der Waals surface area (Å²) in [6.07, 6.45) is 2.54. The molecule has 0 radical (unpaired) electrons. The molecule has 2 heterocycles. The molecular weight excluding hydrogens is 309 g/mol. The van der Waals surface area contributed by atoms with Crippen molar-refractivity contribution >= 4 is 34.0 Å². The van der Waals surface area contributed by atoms with E-state index in [9.17, 15) is 4.39 Å². The van der Waals surface area contributed by atoms with Crippen LogP contribution in [0.3, 0.4) is 0 Å². The van der Waals surface area contributed by atoms with Gasteiger partial charge in [0.25, 0.3) is 0 Å². The van der Waals surface area contributed by atoms with Crippen molar-refractivity contribution in [3.8, 4) is 0 Å². The minimum atomic E-state index is -0.224. The number of halogens is 2. The van der Waals surface area contributed by atoms with Gasteiger partial charge < -0.3 is 4.57 Å². The molecule has 0 saturated heterocycles. The molecule has 0 atom stereocenters. The SMILES string of the molecule is Cc1ncc(Cn2c(CCCl)nc3cc(F)c(C)cc32)s1. The van der Waals surface area contributed by atoms with E-state index in [1.54, 1.807) is 18.3 Å². The lowest BCUT2D eigenvalue weighted by molar-refractivity contribution is 0.620. The third-order valence-corrected chi connectivity index (χ3v) is 4.50. The number of hydrogen-bond donors (Lipinski definition) is 0. The zero-order chi connectivity index (χ0) is 15.0. The lowest BCUT2D eigenvalue weighted by Crippen LogP contribution is -2.05. The maximum Gasteiger partial charge on any atom is 0.128 e. The molecule has 0 aliphatic rings. The van der Waals surface area contributed by atoms with Crippen LogP contribution in [0, 0.1) is 19.7 Å². The van der Waals surface area contributed by atoms with E-state index < -0.39 is 0 Å². The van der Waals surface area contributed by atoms with Crippen molar-refractivity contribution < 1.29 is 4.39 Å². The van der Waals surface area contributed by atoms with Gasteiger partial charge in [-0.3, -0.25) is 0 Å². The van der Waals surface area contributed by atoms with E-state index in [1.165, 1.54) is 6.07 Å². The average Bonchev–Trinajstić information content (AvgIpc) is 2.97. The number of alkyl halides is 1. The number of imidazole rings is 1. The summed E-state index contributed by atoms with van der Waals surface area (Å²) in [7, 11) is 0. The monoisotopic (exact) mass is 323 g/mol. The average molecular weight is 324 g/mol. The third-order valence-electron chi connectivity index (χ3n) is 3.41. The van der Waals surface area contributed by atoms with Gasteiger partial charge in [0.05, 0.1) is 22.6 Å². The fraction of sp³-hybridized carbons (Fsp3) is 0.333. The molecule has 0 N–H and O–H groups in total. The molecule has 6 heteroatoms. The van der Waals surface area contributed by atoms with Crippen LogP contribution in [0.1, 0.15) is 21.3 Å². The predicted octanol–water partition coefficient (Wildman–Crippen LogP) is 4.08. The van der Waals surface area contributed by atoms with Crippen LogP contribution in [0.2, 0.25) is 0 Å². The minimum Gasteiger partial charge on any atom is -0.323 e. The van der Waals surface area contributed by atoms with Crippen molar-refractivity contribution in [3.63, 3.8) is 0 Å². The van der Waals surface area contributed by atoms with Gasteiger partial charge in [0.2, 0.25) is 0 Å². The van der Waals surface area contributed by atoms with Crippen LogP contribution in [0.5, 0.6) is 0 Å². The summed E-state index contributed by atoms with van der Waals surface area (Å²) in [5, 5.41) is 1.04. The first kappa shape index (κ1) is 14.5. The van der Waals surface area contributed by atoms with Crippen molar-refractivity contribution in [2.45, 2.75) is 26.8 Å². The Bertz CT molecular complexity index is 794. The lowest BCUT2D eigenvalue weighted by Gasteiger charge is -2.07. The Morgan fingerprint density at radius 3 is 2.81 bits per heavy atom. The summed E-state index contributed by atoms with van der Waals surface area (Å²) in [6.45, 7) is 4.45. The second-order valence-corrected chi connectivity index (χ2v) is 6.69. The fourth-order valence-corrected chi connectivity index (χ4v) is 3.34. The van der Waals surface area contributed by atoms with Crippen LogP contribution < -0.4 is 0 Å². The molecule has 0 amide bonds. The van der Waals surface area contributed by atoms with Gasteiger partial charge in [-0.1, -0.05) is 0 Å². The highest BCUT2D eigenvalue weighted by Crippen LogP contribution is 2.23. The first-order valence-corrected chi connectivity index (χ1v) is 8.06. The van der Waals surface area contributed by atoms with Crippen LogP contribution in [0.25, 0.3) is 11.0 Å². The molecule has 0 aliphatic carbocycles. The van der Waals surface area contributed by atoms with Crippen molar-refractivity contribution in [2.24, 2.45) is 0 Å². The van der Waals surface area contributed by atoms with Gasteiger partial charge in [-0.25, -0.2) is 14.4 Å². The fourth-order valence-electron chi connectivity index (χ4n) is 2.39. The zero-order valence-corrected chi connectivity index (χ0v) is 13.4. The summed E-state index contributed by atoms with van der Waals surface area (Å²) < 4.78 is 15.8. The van der Waals surface area contributed by atoms with Gasteiger partial charge in [-0.2, -0.15) is 0 Å². The number of rotatable bonds is 4. The molecular formula is C15H15ClFN3S. The molecule has 1 aromatic carbocycles. The number of nitrogens with zero attached hydrogens (tertiary/aromatic N) is 3. The zero-order valence-electron chi connectivity index (χ0n) is 11.9. The summed E-state index contributed by atoms with van der Waals surface area (Å²) in [5.74, 6) is 1.15. The normalized spacial score (nSPS) is 11.4. The van der Waals surface area contributed by atoms with Crippen molar-refractivity contribution in [1.29, 1.82) is 0 Å². The van der Waals surface area contributed by atoms with Gasteiger partial charge in [-0.15, -0.1) is 22.9 Å². The van der Waals surface area contributed by atoms with Crippen molar-refractivity contribution in [1.82, 2.24) is 14.5 Å².